The first-order chi connectivity index (χ1) is 11.5. The lowest BCUT2D eigenvalue weighted by molar-refractivity contribution is -0.115. The van der Waals surface area contributed by atoms with Crippen LogP contribution in [0.4, 0.5) is 5.82 Å². The van der Waals surface area contributed by atoms with Gasteiger partial charge in [0.25, 0.3) is 5.91 Å². The van der Waals surface area contributed by atoms with Crippen molar-refractivity contribution in [2.24, 2.45) is 10.7 Å². The second kappa shape index (κ2) is 8.68. The summed E-state index contributed by atoms with van der Waals surface area (Å²) >= 11 is 5.94. The van der Waals surface area contributed by atoms with Gasteiger partial charge in [0.2, 0.25) is 0 Å². The number of anilines is 1. The minimum absolute atomic E-state index is 0.136. The number of rotatable bonds is 5. The third kappa shape index (κ3) is 4.96. The quantitative estimate of drug-likeness (QED) is 0.630. The van der Waals surface area contributed by atoms with E-state index in [0.717, 1.165) is 31.7 Å². The molecule has 0 saturated carbocycles. The Morgan fingerprint density at radius 1 is 1.50 bits per heavy atom. The summed E-state index contributed by atoms with van der Waals surface area (Å²) in [5.41, 5.74) is 6.90. The standard InChI is InChI=1S/C17H24ClN5O/c1-3-12(19)11-14(20-2)17(24)21-13-7-9-23(10-8-13)16-6-4-5-15(18)22-16/h3-6,13H,7-11,19H2,1-2H3,(H,21,24)/b12-3+,20-14?. The van der Waals surface area contributed by atoms with Gasteiger partial charge in [-0.05, 0) is 31.9 Å². The number of nitrogens with two attached hydrogens (primary N) is 1. The van der Waals surface area contributed by atoms with Crippen molar-refractivity contribution in [2.75, 3.05) is 25.0 Å². The van der Waals surface area contributed by atoms with Gasteiger partial charge in [0.15, 0.2) is 0 Å². The SMILES string of the molecule is C/C=C(/N)CC(=NC)C(=O)NC1CCN(c2cccc(Cl)n2)CC1. The zero-order chi connectivity index (χ0) is 17.5. The van der Waals surface area contributed by atoms with Crippen molar-refractivity contribution in [3.63, 3.8) is 0 Å². The highest BCUT2D eigenvalue weighted by Gasteiger charge is 2.23. The maximum absolute atomic E-state index is 12.3. The van der Waals surface area contributed by atoms with Gasteiger partial charge in [-0.1, -0.05) is 23.7 Å². The first kappa shape index (κ1) is 18.3. The highest BCUT2D eigenvalue weighted by molar-refractivity contribution is 6.39. The van der Waals surface area contributed by atoms with Gasteiger partial charge in [0.05, 0.1) is 0 Å². The zero-order valence-corrected chi connectivity index (χ0v) is 14.9. The molecule has 2 rings (SSSR count). The average molecular weight is 350 g/mol. The van der Waals surface area contributed by atoms with Crippen LogP contribution in [0.2, 0.25) is 5.15 Å². The third-order valence-electron chi connectivity index (χ3n) is 4.13. The summed E-state index contributed by atoms with van der Waals surface area (Å²) in [4.78, 5) is 22.9. The molecule has 1 aliphatic heterocycles. The molecule has 0 radical (unpaired) electrons. The molecule has 0 aromatic carbocycles. The van der Waals surface area contributed by atoms with Gasteiger partial charge in [-0.2, -0.15) is 0 Å². The molecule has 7 heteroatoms. The summed E-state index contributed by atoms with van der Waals surface area (Å²) in [5, 5.41) is 3.55. The number of aromatic nitrogens is 1. The molecular formula is C17H24ClN5O. The van der Waals surface area contributed by atoms with Gasteiger partial charge in [0.1, 0.15) is 16.7 Å². The molecule has 1 amide bonds. The fourth-order valence-electron chi connectivity index (χ4n) is 2.65. The van der Waals surface area contributed by atoms with Crippen molar-refractivity contribution in [1.82, 2.24) is 10.3 Å². The lowest BCUT2D eigenvalue weighted by atomic mass is 10.0. The van der Waals surface area contributed by atoms with Crippen LogP contribution in [-0.4, -0.2) is 42.8 Å². The van der Waals surface area contributed by atoms with E-state index in [0.29, 0.717) is 23.0 Å². The van der Waals surface area contributed by atoms with E-state index in [-0.39, 0.29) is 11.9 Å². The fraction of sp³-hybridized carbons (Fsp3) is 0.471. The van der Waals surface area contributed by atoms with E-state index in [9.17, 15) is 4.79 Å². The van der Waals surface area contributed by atoms with Gasteiger partial charge in [-0.25, -0.2) is 4.98 Å². The minimum Gasteiger partial charge on any atom is -0.402 e. The minimum atomic E-state index is -0.137. The number of hydrogen-bond donors (Lipinski definition) is 2. The van der Waals surface area contributed by atoms with Crippen molar-refractivity contribution in [2.45, 2.75) is 32.2 Å². The van der Waals surface area contributed by atoms with Crippen molar-refractivity contribution >= 4 is 29.0 Å². The Morgan fingerprint density at radius 3 is 2.79 bits per heavy atom. The van der Waals surface area contributed by atoms with E-state index in [1.54, 1.807) is 19.2 Å². The Labute approximate surface area is 147 Å². The van der Waals surface area contributed by atoms with Gasteiger partial charge in [-0.15, -0.1) is 0 Å². The van der Waals surface area contributed by atoms with Crippen LogP contribution in [0.1, 0.15) is 26.2 Å². The van der Waals surface area contributed by atoms with Crippen LogP contribution in [0, 0.1) is 0 Å². The number of nitrogens with one attached hydrogen (secondary N) is 1. The zero-order valence-electron chi connectivity index (χ0n) is 14.1. The summed E-state index contributed by atoms with van der Waals surface area (Å²) in [7, 11) is 1.62. The molecule has 1 aromatic heterocycles. The number of halogens is 1. The van der Waals surface area contributed by atoms with Crippen molar-refractivity contribution in [3.8, 4) is 0 Å². The number of carbonyl (C=O) groups excluding carboxylic acids is 1. The van der Waals surface area contributed by atoms with Crippen LogP contribution >= 0.6 is 11.6 Å². The Morgan fingerprint density at radius 2 is 2.21 bits per heavy atom. The number of allylic oxidation sites excluding steroid dienone is 2. The summed E-state index contributed by atoms with van der Waals surface area (Å²) in [5.74, 6) is 0.741. The highest BCUT2D eigenvalue weighted by Crippen LogP contribution is 2.19. The predicted octanol–water partition coefficient (Wildman–Crippen LogP) is 2.14. The first-order valence-electron chi connectivity index (χ1n) is 8.08. The van der Waals surface area contributed by atoms with E-state index >= 15 is 0 Å². The molecule has 3 N–H and O–H groups in total. The second-order valence-electron chi connectivity index (χ2n) is 5.76. The number of pyridine rings is 1. The van der Waals surface area contributed by atoms with E-state index in [1.807, 2.05) is 19.1 Å². The molecular weight excluding hydrogens is 326 g/mol. The molecule has 0 bridgehead atoms. The summed E-state index contributed by atoms with van der Waals surface area (Å²) < 4.78 is 0. The second-order valence-corrected chi connectivity index (χ2v) is 6.15. The number of carbonyl (C=O) groups is 1. The molecule has 130 valence electrons. The largest absolute Gasteiger partial charge is 0.402 e. The maximum Gasteiger partial charge on any atom is 0.265 e. The molecule has 24 heavy (non-hydrogen) atoms. The number of piperidine rings is 1. The van der Waals surface area contributed by atoms with Crippen molar-refractivity contribution in [3.05, 3.63) is 35.1 Å². The summed E-state index contributed by atoms with van der Waals surface area (Å²) in [6.07, 6.45) is 3.88. The van der Waals surface area contributed by atoms with Crippen LogP contribution in [-0.2, 0) is 4.79 Å². The molecule has 0 spiro atoms. The lowest BCUT2D eigenvalue weighted by Gasteiger charge is -2.33. The van der Waals surface area contributed by atoms with Crippen molar-refractivity contribution < 1.29 is 4.79 Å². The van der Waals surface area contributed by atoms with Crippen LogP contribution in [0.25, 0.3) is 0 Å². The molecule has 1 saturated heterocycles. The van der Waals surface area contributed by atoms with Crippen LogP contribution in [0.3, 0.4) is 0 Å². The molecule has 1 aliphatic rings. The van der Waals surface area contributed by atoms with Gasteiger partial charge >= 0.3 is 0 Å². The Hall–Kier alpha value is -2.08. The topological polar surface area (TPSA) is 83.6 Å². The number of hydrogen-bond acceptors (Lipinski definition) is 5. The van der Waals surface area contributed by atoms with E-state index < -0.39 is 0 Å². The van der Waals surface area contributed by atoms with Gasteiger partial charge in [-0.3, -0.25) is 9.79 Å². The van der Waals surface area contributed by atoms with E-state index in [4.69, 9.17) is 17.3 Å². The number of aliphatic imine (C=N–C) groups is 1. The molecule has 0 atom stereocenters. The monoisotopic (exact) mass is 349 g/mol. The van der Waals surface area contributed by atoms with Crippen LogP contribution in [0.5, 0.6) is 0 Å². The highest BCUT2D eigenvalue weighted by atomic mass is 35.5. The molecule has 6 nitrogen and oxygen atoms in total. The Kier molecular flexibility index (Phi) is 6.61. The number of nitrogens with zero attached hydrogens (tertiary/aromatic N) is 3. The normalized spacial score (nSPS) is 17.0. The average Bonchev–Trinajstić information content (AvgIpc) is 2.60. The van der Waals surface area contributed by atoms with Gasteiger partial charge < -0.3 is 16.0 Å². The first-order valence-corrected chi connectivity index (χ1v) is 8.46. The summed E-state index contributed by atoms with van der Waals surface area (Å²) in [6, 6.07) is 5.75. The van der Waals surface area contributed by atoms with Crippen LogP contribution < -0.4 is 16.0 Å². The maximum atomic E-state index is 12.3. The lowest BCUT2D eigenvalue weighted by Crippen LogP contribution is -2.47. The fourth-order valence-corrected chi connectivity index (χ4v) is 2.81. The molecule has 0 unspecified atom stereocenters. The Balaban J connectivity index is 1.87. The molecule has 0 aliphatic carbocycles. The van der Waals surface area contributed by atoms with E-state index in [2.05, 4.69) is 20.2 Å². The van der Waals surface area contributed by atoms with Gasteiger partial charge in [0, 0.05) is 38.3 Å². The van der Waals surface area contributed by atoms with Crippen LogP contribution in [0.15, 0.2) is 35.0 Å². The third-order valence-corrected chi connectivity index (χ3v) is 4.34. The molecule has 2 heterocycles. The number of amides is 1. The predicted molar refractivity (Wildman–Crippen MR) is 98.5 cm³/mol. The van der Waals surface area contributed by atoms with E-state index in [1.165, 1.54) is 0 Å². The Bertz CT molecular complexity index is 636. The smallest absolute Gasteiger partial charge is 0.265 e. The summed E-state index contributed by atoms with van der Waals surface area (Å²) in [6.45, 7) is 3.50. The molecule has 1 aromatic rings. The molecule has 1 fully saturated rings. The van der Waals surface area contributed by atoms with Crippen molar-refractivity contribution in [1.29, 1.82) is 0 Å².